The van der Waals surface area contributed by atoms with E-state index in [0.29, 0.717) is 26.3 Å². The minimum atomic E-state index is -0.546. The molecule has 0 saturated heterocycles. The van der Waals surface area contributed by atoms with Gasteiger partial charge in [0.1, 0.15) is 0 Å². The summed E-state index contributed by atoms with van der Waals surface area (Å²) < 4.78 is 4.92. The topological polar surface area (TPSA) is 55.4 Å². The van der Waals surface area contributed by atoms with Crippen LogP contribution < -0.4 is 5.32 Å². The summed E-state index contributed by atoms with van der Waals surface area (Å²) >= 11 is 17.7. The van der Waals surface area contributed by atoms with E-state index < -0.39 is 18.5 Å². The van der Waals surface area contributed by atoms with Gasteiger partial charge >= 0.3 is 5.97 Å². The van der Waals surface area contributed by atoms with Crippen LogP contribution in [0.3, 0.4) is 0 Å². The highest BCUT2D eigenvalue weighted by Crippen LogP contribution is 2.25. The minimum absolute atomic E-state index is 0.00530. The summed E-state index contributed by atoms with van der Waals surface area (Å²) in [6.45, 7) is -0.414. The fourth-order valence-corrected chi connectivity index (χ4v) is 2.43. The summed E-state index contributed by atoms with van der Waals surface area (Å²) in [5.41, 5.74) is 1.03. The van der Waals surface area contributed by atoms with E-state index in [2.05, 4.69) is 5.32 Å². The highest BCUT2D eigenvalue weighted by Gasteiger charge is 2.11. The Morgan fingerprint density at radius 1 is 1.00 bits per heavy atom. The lowest BCUT2D eigenvalue weighted by atomic mass is 10.1. The first-order valence-corrected chi connectivity index (χ1v) is 7.73. The first-order chi connectivity index (χ1) is 11.0. The number of halogens is 3. The van der Waals surface area contributed by atoms with Gasteiger partial charge in [-0.1, -0.05) is 53.0 Å². The van der Waals surface area contributed by atoms with Crippen molar-refractivity contribution in [1.29, 1.82) is 0 Å². The minimum Gasteiger partial charge on any atom is -0.455 e. The van der Waals surface area contributed by atoms with Crippen LogP contribution in [0.25, 0.3) is 0 Å². The molecule has 0 radical (unpaired) electrons. The van der Waals surface area contributed by atoms with Gasteiger partial charge in [-0.25, -0.2) is 0 Å². The second-order valence-electron chi connectivity index (χ2n) is 4.60. The number of ether oxygens (including phenoxy) is 1. The molecule has 0 unspecified atom stereocenters. The highest BCUT2D eigenvalue weighted by atomic mass is 35.5. The maximum absolute atomic E-state index is 11.8. The van der Waals surface area contributed by atoms with Crippen molar-refractivity contribution in [3.8, 4) is 0 Å². The van der Waals surface area contributed by atoms with Gasteiger partial charge < -0.3 is 10.1 Å². The summed E-state index contributed by atoms with van der Waals surface area (Å²) in [7, 11) is 0. The molecule has 0 atom stereocenters. The van der Waals surface area contributed by atoms with Crippen molar-refractivity contribution in [3.05, 3.63) is 63.1 Å². The van der Waals surface area contributed by atoms with Gasteiger partial charge in [0.25, 0.3) is 5.91 Å². The number of anilines is 1. The van der Waals surface area contributed by atoms with E-state index in [4.69, 9.17) is 39.5 Å². The van der Waals surface area contributed by atoms with Gasteiger partial charge in [0, 0.05) is 10.0 Å². The van der Waals surface area contributed by atoms with Crippen LogP contribution in [-0.4, -0.2) is 18.5 Å². The largest absolute Gasteiger partial charge is 0.455 e. The Morgan fingerprint density at radius 3 is 2.43 bits per heavy atom. The molecule has 0 saturated carbocycles. The second-order valence-corrected chi connectivity index (χ2v) is 5.85. The number of carbonyl (C=O) groups is 2. The monoisotopic (exact) mass is 371 g/mol. The fraction of sp³-hybridized carbons (Fsp3) is 0.125. The molecule has 0 aliphatic heterocycles. The Labute approximate surface area is 148 Å². The molecular weight excluding hydrogens is 361 g/mol. The van der Waals surface area contributed by atoms with E-state index in [-0.39, 0.29) is 6.42 Å². The maximum Gasteiger partial charge on any atom is 0.310 e. The molecule has 0 aliphatic carbocycles. The number of amides is 1. The van der Waals surface area contributed by atoms with Gasteiger partial charge in [0.2, 0.25) is 0 Å². The number of benzene rings is 2. The predicted molar refractivity (Wildman–Crippen MR) is 91.2 cm³/mol. The normalized spacial score (nSPS) is 10.2. The average Bonchev–Trinajstić information content (AvgIpc) is 2.50. The Bertz CT molecular complexity index is 734. The van der Waals surface area contributed by atoms with Crippen molar-refractivity contribution < 1.29 is 14.3 Å². The molecule has 2 aromatic carbocycles. The summed E-state index contributed by atoms with van der Waals surface area (Å²) in [5, 5.41) is 3.77. The van der Waals surface area contributed by atoms with Crippen molar-refractivity contribution in [2.45, 2.75) is 6.42 Å². The molecule has 0 aromatic heterocycles. The number of rotatable bonds is 5. The smallest absolute Gasteiger partial charge is 0.310 e. The SMILES string of the molecule is O=C(COC(=O)Cc1ccccc1Cl)Nc1ccc(Cl)cc1Cl. The molecule has 0 heterocycles. The third-order valence-electron chi connectivity index (χ3n) is 2.86. The lowest BCUT2D eigenvalue weighted by Crippen LogP contribution is -2.21. The molecule has 0 bridgehead atoms. The van der Waals surface area contributed by atoms with Crippen molar-refractivity contribution in [2.75, 3.05) is 11.9 Å². The molecule has 120 valence electrons. The zero-order valence-electron chi connectivity index (χ0n) is 11.8. The summed E-state index contributed by atoms with van der Waals surface area (Å²) in [6, 6.07) is 11.6. The van der Waals surface area contributed by atoms with E-state index >= 15 is 0 Å². The first kappa shape index (κ1) is 17.6. The van der Waals surface area contributed by atoms with Gasteiger partial charge in [-0.15, -0.1) is 0 Å². The van der Waals surface area contributed by atoms with Crippen LogP contribution in [0.2, 0.25) is 15.1 Å². The lowest BCUT2D eigenvalue weighted by molar-refractivity contribution is -0.146. The summed E-state index contributed by atoms with van der Waals surface area (Å²) in [6.07, 6.45) is -0.00530. The third kappa shape index (κ3) is 5.43. The van der Waals surface area contributed by atoms with Crippen molar-refractivity contribution in [1.82, 2.24) is 0 Å². The van der Waals surface area contributed by atoms with E-state index in [1.807, 2.05) is 0 Å². The Kier molecular flexibility index (Phi) is 6.28. The van der Waals surface area contributed by atoms with Crippen LogP contribution >= 0.6 is 34.8 Å². The number of carbonyl (C=O) groups excluding carboxylic acids is 2. The molecule has 0 spiro atoms. The van der Waals surface area contributed by atoms with E-state index in [1.165, 1.54) is 6.07 Å². The number of hydrogen-bond donors (Lipinski definition) is 1. The van der Waals surface area contributed by atoms with Crippen LogP contribution in [0.4, 0.5) is 5.69 Å². The van der Waals surface area contributed by atoms with Crippen molar-refractivity contribution >= 4 is 52.4 Å². The third-order valence-corrected chi connectivity index (χ3v) is 3.78. The van der Waals surface area contributed by atoms with Crippen molar-refractivity contribution in [2.24, 2.45) is 0 Å². The standard InChI is InChI=1S/C16H12Cl3NO3/c17-11-5-6-14(13(19)8-11)20-15(21)9-23-16(22)7-10-3-1-2-4-12(10)18/h1-6,8H,7,9H2,(H,20,21). The van der Waals surface area contributed by atoms with E-state index in [1.54, 1.807) is 36.4 Å². The van der Waals surface area contributed by atoms with Gasteiger partial charge in [0.05, 0.1) is 17.1 Å². The quantitative estimate of drug-likeness (QED) is 0.793. The lowest BCUT2D eigenvalue weighted by Gasteiger charge is -2.08. The zero-order valence-corrected chi connectivity index (χ0v) is 14.1. The molecule has 1 amide bonds. The van der Waals surface area contributed by atoms with Gasteiger partial charge in [-0.2, -0.15) is 0 Å². The molecule has 4 nitrogen and oxygen atoms in total. The Morgan fingerprint density at radius 2 is 1.74 bits per heavy atom. The van der Waals surface area contributed by atoms with Crippen LogP contribution in [0.1, 0.15) is 5.56 Å². The molecular formula is C16H12Cl3NO3. The number of hydrogen-bond acceptors (Lipinski definition) is 3. The van der Waals surface area contributed by atoms with Gasteiger partial charge in [-0.3, -0.25) is 9.59 Å². The van der Waals surface area contributed by atoms with Gasteiger partial charge in [0.15, 0.2) is 6.61 Å². The average molecular weight is 373 g/mol. The molecule has 7 heteroatoms. The Balaban J connectivity index is 1.84. The second kappa shape index (κ2) is 8.20. The molecule has 2 aromatic rings. The van der Waals surface area contributed by atoms with Crippen LogP contribution in [0.5, 0.6) is 0 Å². The van der Waals surface area contributed by atoms with Crippen LogP contribution in [0, 0.1) is 0 Å². The Hall–Kier alpha value is -1.75. The number of esters is 1. The maximum atomic E-state index is 11.8. The molecule has 2 rings (SSSR count). The van der Waals surface area contributed by atoms with Crippen LogP contribution in [-0.2, 0) is 20.7 Å². The van der Waals surface area contributed by atoms with E-state index in [9.17, 15) is 9.59 Å². The van der Waals surface area contributed by atoms with Gasteiger partial charge in [-0.05, 0) is 29.8 Å². The highest BCUT2D eigenvalue weighted by molar-refractivity contribution is 6.36. The van der Waals surface area contributed by atoms with Crippen LogP contribution in [0.15, 0.2) is 42.5 Å². The molecule has 23 heavy (non-hydrogen) atoms. The molecule has 1 N–H and O–H groups in total. The van der Waals surface area contributed by atoms with E-state index in [0.717, 1.165) is 0 Å². The zero-order chi connectivity index (χ0) is 16.8. The number of nitrogens with one attached hydrogen (secondary N) is 1. The summed E-state index contributed by atoms with van der Waals surface area (Å²) in [5.74, 6) is -1.04. The van der Waals surface area contributed by atoms with Crippen molar-refractivity contribution in [3.63, 3.8) is 0 Å². The fourth-order valence-electron chi connectivity index (χ4n) is 1.77. The molecule has 0 fully saturated rings. The summed E-state index contributed by atoms with van der Waals surface area (Å²) in [4.78, 5) is 23.5. The first-order valence-electron chi connectivity index (χ1n) is 6.59. The predicted octanol–water partition coefficient (Wildman–Crippen LogP) is 4.37. The molecule has 0 aliphatic rings.